The quantitative estimate of drug-likeness (QED) is 0.399. The van der Waals surface area contributed by atoms with Crippen LogP contribution >= 0.6 is 11.6 Å². The fourth-order valence-corrected chi connectivity index (χ4v) is 3.18. The molecule has 0 fully saturated rings. The van der Waals surface area contributed by atoms with Gasteiger partial charge in [0.25, 0.3) is 5.69 Å². The summed E-state index contributed by atoms with van der Waals surface area (Å²) in [6.45, 7) is 0.315. The Morgan fingerprint density at radius 3 is 2.74 bits per heavy atom. The SMILES string of the molecule is COc1ccc([N+](=O)[O-])cc1Nc1ncc(Cl)c(N(C)Cc2ccccc2C(N)=O)n1. The first-order valence-electron chi connectivity index (χ1n) is 9.01. The van der Waals surface area contributed by atoms with Crippen molar-refractivity contribution in [1.82, 2.24) is 9.97 Å². The van der Waals surface area contributed by atoms with Gasteiger partial charge >= 0.3 is 0 Å². The number of non-ortho nitro benzene ring substituents is 1. The van der Waals surface area contributed by atoms with Gasteiger partial charge in [-0.15, -0.1) is 0 Å². The van der Waals surface area contributed by atoms with E-state index in [9.17, 15) is 14.9 Å². The zero-order valence-corrected chi connectivity index (χ0v) is 17.5. The van der Waals surface area contributed by atoms with E-state index in [4.69, 9.17) is 22.1 Å². The van der Waals surface area contributed by atoms with Gasteiger partial charge in [0.15, 0.2) is 5.82 Å². The highest BCUT2D eigenvalue weighted by Crippen LogP contribution is 2.32. The minimum absolute atomic E-state index is 0.113. The summed E-state index contributed by atoms with van der Waals surface area (Å²) in [5, 5.41) is 14.3. The Hall–Kier alpha value is -3.92. The molecule has 11 heteroatoms. The second-order valence-corrected chi connectivity index (χ2v) is 6.92. The van der Waals surface area contributed by atoms with Crippen LogP contribution in [0.2, 0.25) is 5.02 Å². The third-order valence-electron chi connectivity index (χ3n) is 4.42. The predicted octanol–water partition coefficient (Wildman–Crippen LogP) is 3.53. The number of anilines is 3. The van der Waals surface area contributed by atoms with E-state index >= 15 is 0 Å². The molecule has 0 aliphatic rings. The summed E-state index contributed by atoms with van der Waals surface area (Å²) in [6.07, 6.45) is 1.41. The first kappa shape index (κ1) is 21.8. The zero-order valence-electron chi connectivity index (χ0n) is 16.7. The van der Waals surface area contributed by atoms with Gasteiger partial charge in [0, 0.05) is 31.3 Å². The summed E-state index contributed by atoms with van der Waals surface area (Å²) < 4.78 is 5.25. The van der Waals surface area contributed by atoms with Gasteiger partial charge in [-0.2, -0.15) is 4.98 Å². The van der Waals surface area contributed by atoms with E-state index in [1.165, 1.54) is 31.5 Å². The second kappa shape index (κ2) is 9.26. The van der Waals surface area contributed by atoms with Crippen LogP contribution in [0.3, 0.4) is 0 Å². The minimum Gasteiger partial charge on any atom is -0.495 e. The number of nitrogens with one attached hydrogen (secondary N) is 1. The number of aromatic nitrogens is 2. The van der Waals surface area contributed by atoms with Crippen LogP contribution in [-0.4, -0.2) is 35.0 Å². The number of primary amides is 1. The average molecular weight is 443 g/mol. The van der Waals surface area contributed by atoms with Crippen LogP contribution < -0.4 is 20.7 Å². The molecule has 0 saturated carbocycles. The largest absolute Gasteiger partial charge is 0.495 e. The number of benzene rings is 2. The molecule has 0 atom stereocenters. The lowest BCUT2D eigenvalue weighted by Gasteiger charge is -2.21. The van der Waals surface area contributed by atoms with Gasteiger partial charge in [0.05, 0.1) is 23.9 Å². The van der Waals surface area contributed by atoms with Gasteiger partial charge in [-0.05, 0) is 17.7 Å². The first-order chi connectivity index (χ1) is 14.8. The topological polar surface area (TPSA) is 137 Å². The average Bonchev–Trinajstić information content (AvgIpc) is 2.75. The Morgan fingerprint density at radius 2 is 2.06 bits per heavy atom. The normalized spacial score (nSPS) is 10.4. The molecule has 0 spiro atoms. The molecule has 1 heterocycles. The molecule has 1 aromatic heterocycles. The van der Waals surface area contributed by atoms with Gasteiger partial charge in [0.2, 0.25) is 11.9 Å². The third-order valence-corrected chi connectivity index (χ3v) is 4.68. The number of nitro benzene ring substituents is 1. The minimum atomic E-state index is -0.530. The standard InChI is InChI=1S/C20H19ClN6O4/c1-26(11-12-5-3-4-6-14(12)18(22)28)19-15(21)10-23-20(25-19)24-16-9-13(27(29)30)7-8-17(16)31-2/h3-10H,11H2,1-2H3,(H2,22,28)(H,23,24,25). The summed E-state index contributed by atoms with van der Waals surface area (Å²) >= 11 is 6.29. The molecular formula is C20H19ClN6O4. The summed E-state index contributed by atoms with van der Waals surface area (Å²) in [6, 6.07) is 11.1. The van der Waals surface area contributed by atoms with Crippen molar-refractivity contribution in [2.45, 2.75) is 6.54 Å². The van der Waals surface area contributed by atoms with Gasteiger partial charge in [-0.1, -0.05) is 29.8 Å². The van der Waals surface area contributed by atoms with Crippen LogP contribution in [0.25, 0.3) is 0 Å². The number of nitro groups is 1. The fourth-order valence-electron chi connectivity index (χ4n) is 2.94. The molecular weight excluding hydrogens is 424 g/mol. The number of amides is 1. The van der Waals surface area contributed by atoms with E-state index in [1.54, 1.807) is 36.2 Å². The molecule has 1 amide bonds. The molecule has 10 nitrogen and oxygen atoms in total. The lowest BCUT2D eigenvalue weighted by molar-refractivity contribution is -0.384. The first-order valence-corrected chi connectivity index (χ1v) is 9.38. The number of carbonyl (C=O) groups excluding carboxylic acids is 1. The van der Waals surface area contributed by atoms with Crippen molar-refractivity contribution in [1.29, 1.82) is 0 Å². The summed E-state index contributed by atoms with van der Waals surface area (Å²) in [5.41, 5.74) is 6.78. The number of ether oxygens (including phenoxy) is 1. The predicted molar refractivity (Wildman–Crippen MR) is 117 cm³/mol. The number of halogens is 1. The number of nitrogens with zero attached hydrogens (tertiary/aromatic N) is 4. The Labute approximate surface area is 182 Å². The van der Waals surface area contributed by atoms with E-state index in [2.05, 4.69) is 15.3 Å². The molecule has 0 saturated heterocycles. The summed E-state index contributed by atoms with van der Waals surface area (Å²) in [4.78, 5) is 32.6. The van der Waals surface area contributed by atoms with E-state index < -0.39 is 10.8 Å². The van der Waals surface area contributed by atoms with Gasteiger partial charge in [-0.3, -0.25) is 14.9 Å². The second-order valence-electron chi connectivity index (χ2n) is 6.51. The highest BCUT2D eigenvalue weighted by Gasteiger charge is 2.16. The van der Waals surface area contributed by atoms with E-state index in [1.807, 2.05) is 0 Å². The molecule has 0 radical (unpaired) electrons. The molecule has 0 aliphatic heterocycles. The number of methoxy groups -OCH3 is 1. The van der Waals surface area contributed by atoms with Gasteiger partial charge < -0.3 is 20.7 Å². The molecule has 31 heavy (non-hydrogen) atoms. The maximum absolute atomic E-state index is 11.7. The van der Waals surface area contributed by atoms with Crippen molar-refractivity contribution in [2.24, 2.45) is 5.73 Å². The van der Waals surface area contributed by atoms with Crippen LogP contribution in [0.5, 0.6) is 5.75 Å². The van der Waals surface area contributed by atoms with Crippen LogP contribution in [0.15, 0.2) is 48.7 Å². The van der Waals surface area contributed by atoms with Gasteiger partial charge in [-0.25, -0.2) is 4.98 Å². The van der Waals surface area contributed by atoms with E-state index in [-0.39, 0.29) is 16.7 Å². The molecule has 3 N–H and O–H groups in total. The van der Waals surface area contributed by atoms with Crippen molar-refractivity contribution in [3.05, 3.63) is 74.9 Å². The van der Waals surface area contributed by atoms with Gasteiger partial charge in [0.1, 0.15) is 10.8 Å². The van der Waals surface area contributed by atoms with Crippen molar-refractivity contribution >= 4 is 40.6 Å². The number of rotatable bonds is 8. The number of nitrogens with two attached hydrogens (primary N) is 1. The molecule has 0 bridgehead atoms. The lowest BCUT2D eigenvalue weighted by atomic mass is 10.1. The Kier molecular flexibility index (Phi) is 6.51. The van der Waals surface area contributed by atoms with Crippen LogP contribution in [0.1, 0.15) is 15.9 Å². The zero-order chi connectivity index (χ0) is 22.5. The third kappa shape index (κ3) is 4.98. The fraction of sp³-hybridized carbons (Fsp3) is 0.150. The Balaban J connectivity index is 1.90. The number of carbonyl (C=O) groups is 1. The molecule has 3 aromatic rings. The summed E-state index contributed by atoms with van der Waals surface area (Å²) in [5.74, 6) is 0.406. The van der Waals surface area contributed by atoms with Crippen molar-refractivity contribution in [2.75, 3.05) is 24.4 Å². The molecule has 160 valence electrons. The molecule has 3 rings (SSSR count). The smallest absolute Gasteiger partial charge is 0.271 e. The van der Waals surface area contributed by atoms with Crippen LogP contribution in [0.4, 0.5) is 23.1 Å². The number of hydrogen-bond donors (Lipinski definition) is 2. The Morgan fingerprint density at radius 1 is 1.32 bits per heavy atom. The van der Waals surface area contributed by atoms with E-state index in [0.29, 0.717) is 34.9 Å². The maximum atomic E-state index is 11.7. The molecule has 0 aliphatic carbocycles. The van der Waals surface area contributed by atoms with E-state index in [0.717, 1.165) is 0 Å². The van der Waals surface area contributed by atoms with Crippen molar-refractivity contribution in [3.8, 4) is 5.75 Å². The maximum Gasteiger partial charge on any atom is 0.271 e. The van der Waals surface area contributed by atoms with Crippen LogP contribution in [-0.2, 0) is 6.54 Å². The monoisotopic (exact) mass is 442 g/mol. The highest BCUT2D eigenvalue weighted by molar-refractivity contribution is 6.32. The summed E-state index contributed by atoms with van der Waals surface area (Å²) in [7, 11) is 3.20. The number of hydrogen-bond acceptors (Lipinski definition) is 8. The van der Waals surface area contributed by atoms with Crippen LogP contribution in [0, 0.1) is 10.1 Å². The lowest BCUT2D eigenvalue weighted by Crippen LogP contribution is -2.22. The highest BCUT2D eigenvalue weighted by atomic mass is 35.5. The van der Waals surface area contributed by atoms with Crippen molar-refractivity contribution < 1.29 is 14.5 Å². The Bertz CT molecular complexity index is 1140. The van der Waals surface area contributed by atoms with Crippen molar-refractivity contribution in [3.63, 3.8) is 0 Å². The molecule has 2 aromatic carbocycles. The molecule has 0 unspecified atom stereocenters.